The quantitative estimate of drug-likeness (QED) is 0.599. The summed E-state index contributed by atoms with van der Waals surface area (Å²) < 4.78 is 4.77. The number of hydrogen-bond donors (Lipinski definition) is 0. The number of Topliss-reactive ketones (excluding diaryl/α,β-unsaturated/α-hetero) is 1. The molecule has 0 N–H and O–H groups in total. The SMILES string of the molecule is COC(=O)c1ccccc1\C=C/C=C/C=C/C1(C)CCC(=O)C1. The fraction of sp³-hybridized carbons (Fsp3) is 0.300. The molecule has 3 heteroatoms. The highest BCUT2D eigenvalue weighted by Crippen LogP contribution is 2.36. The molecule has 1 aliphatic rings. The highest BCUT2D eigenvalue weighted by molar-refractivity contribution is 5.93. The van der Waals surface area contributed by atoms with Crippen molar-refractivity contribution >= 4 is 17.8 Å². The summed E-state index contributed by atoms with van der Waals surface area (Å²) in [6.45, 7) is 2.12. The van der Waals surface area contributed by atoms with E-state index in [1.54, 1.807) is 6.07 Å². The predicted molar refractivity (Wildman–Crippen MR) is 92.1 cm³/mol. The Bertz CT molecular complexity index is 667. The van der Waals surface area contributed by atoms with Crippen molar-refractivity contribution in [2.45, 2.75) is 26.2 Å². The van der Waals surface area contributed by atoms with Crippen molar-refractivity contribution in [3.8, 4) is 0 Å². The van der Waals surface area contributed by atoms with Crippen LogP contribution < -0.4 is 0 Å². The summed E-state index contributed by atoms with van der Waals surface area (Å²) in [7, 11) is 1.38. The predicted octanol–water partition coefficient (Wildman–Crippen LogP) is 4.36. The van der Waals surface area contributed by atoms with Crippen LogP contribution >= 0.6 is 0 Å². The fourth-order valence-electron chi connectivity index (χ4n) is 2.71. The number of ketones is 1. The van der Waals surface area contributed by atoms with Gasteiger partial charge in [0.2, 0.25) is 0 Å². The Labute approximate surface area is 137 Å². The van der Waals surface area contributed by atoms with Crippen LogP contribution in [0.25, 0.3) is 6.08 Å². The van der Waals surface area contributed by atoms with E-state index in [1.807, 2.05) is 48.6 Å². The largest absolute Gasteiger partial charge is 0.465 e. The molecule has 0 heterocycles. The second kappa shape index (κ2) is 7.73. The zero-order chi connectivity index (χ0) is 16.7. The van der Waals surface area contributed by atoms with Crippen LogP contribution in [0.2, 0.25) is 0 Å². The molecule has 23 heavy (non-hydrogen) atoms. The topological polar surface area (TPSA) is 43.4 Å². The number of carbonyl (C=O) groups is 2. The van der Waals surface area contributed by atoms with E-state index >= 15 is 0 Å². The van der Waals surface area contributed by atoms with Gasteiger partial charge in [0.1, 0.15) is 5.78 Å². The van der Waals surface area contributed by atoms with Crippen LogP contribution in [0.1, 0.15) is 42.1 Å². The zero-order valence-corrected chi connectivity index (χ0v) is 13.6. The lowest BCUT2D eigenvalue weighted by molar-refractivity contribution is -0.117. The zero-order valence-electron chi connectivity index (χ0n) is 13.6. The van der Waals surface area contributed by atoms with E-state index in [9.17, 15) is 9.59 Å². The maximum Gasteiger partial charge on any atom is 0.338 e. The van der Waals surface area contributed by atoms with Crippen molar-refractivity contribution in [3.63, 3.8) is 0 Å². The molecule has 0 radical (unpaired) electrons. The highest BCUT2D eigenvalue weighted by atomic mass is 16.5. The monoisotopic (exact) mass is 310 g/mol. The molecule has 1 saturated carbocycles. The van der Waals surface area contributed by atoms with Gasteiger partial charge in [-0.15, -0.1) is 0 Å². The number of benzene rings is 1. The summed E-state index contributed by atoms with van der Waals surface area (Å²) in [4.78, 5) is 23.0. The summed E-state index contributed by atoms with van der Waals surface area (Å²) in [5, 5.41) is 0. The van der Waals surface area contributed by atoms with Gasteiger partial charge < -0.3 is 4.74 Å². The number of methoxy groups -OCH3 is 1. The highest BCUT2D eigenvalue weighted by Gasteiger charge is 2.30. The fourth-order valence-corrected chi connectivity index (χ4v) is 2.71. The lowest BCUT2D eigenvalue weighted by Gasteiger charge is -2.15. The minimum atomic E-state index is -0.340. The molecule has 1 aromatic rings. The Morgan fingerprint density at radius 2 is 1.91 bits per heavy atom. The molecule has 0 spiro atoms. The molecule has 1 fully saturated rings. The van der Waals surface area contributed by atoms with E-state index in [-0.39, 0.29) is 11.4 Å². The minimum Gasteiger partial charge on any atom is -0.465 e. The first-order valence-corrected chi connectivity index (χ1v) is 7.76. The molecule has 0 amide bonds. The van der Waals surface area contributed by atoms with Gasteiger partial charge >= 0.3 is 5.97 Å². The standard InChI is InChI=1S/C20H22O3/c1-20(14-12-17(21)15-20)13-8-4-3-5-9-16-10-6-7-11-18(16)19(22)23-2/h3-11,13H,12,14-15H2,1-2H3/b4-3+,9-5-,13-8+. The van der Waals surface area contributed by atoms with Crippen molar-refractivity contribution in [1.29, 1.82) is 0 Å². The Balaban J connectivity index is 1.97. The first-order chi connectivity index (χ1) is 11.0. The molecule has 0 bridgehead atoms. The van der Waals surface area contributed by atoms with Crippen LogP contribution in [0.4, 0.5) is 0 Å². The molecular weight excluding hydrogens is 288 g/mol. The van der Waals surface area contributed by atoms with Gasteiger partial charge in [0.05, 0.1) is 12.7 Å². The van der Waals surface area contributed by atoms with Crippen molar-refractivity contribution in [3.05, 3.63) is 65.8 Å². The van der Waals surface area contributed by atoms with Crippen molar-refractivity contribution in [2.24, 2.45) is 5.41 Å². The molecule has 0 aromatic heterocycles. The molecule has 2 rings (SSSR count). The Morgan fingerprint density at radius 3 is 2.61 bits per heavy atom. The average molecular weight is 310 g/mol. The Kier molecular flexibility index (Phi) is 5.69. The maximum absolute atomic E-state index is 11.7. The lowest BCUT2D eigenvalue weighted by atomic mass is 9.88. The van der Waals surface area contributed by atoms with Crippen LogP contribution in [0.15, 0.2) is 54.6 Å². The molecular formula is C20H22O3. The average Bonchev–Trinajstić information content (AvgIpc) is 2.89. The summed E-state index contributed by atoms with van der Waals surface area (Å²) in [6.07, 6.45) is 13.9. The van der Waals surface area contributed by atoms with Crippen molar-refractivity contribution < 1.29 is 14.3 Å². The van der Waals surface area contributed by atoms with E-state index in [2.05, 4.69) is 13.0 Å². The molecule has 120 valence electrons. The number of ether oxygens (including phenoxy) is 1. The summed E-state index contributed by atoms with van der Waals surface area (Å²) in [5.41, 5.74) is 1.37. The number of allylic oxidation sites excluding steroid dienone is 5. The molecule has 3 nitrogen and oxygen atoms in total. The molecule has 0 aliphatic heterocycles. The van der Waals surface area contributed by atoms with Crippen LogP contribution in [0.3, 0.4) is 0 Å². The van der Waals surface area contributed by atoms with Gasteiger partial charge in [-0.25, -0.2) is 4.79 Å². The number of carbonyl (C=O) groups excluding carboxylic acids is 2. The van der Waals surface area contributed by atoms with E-state index in [0.717, 1.165) is 12.0 Å². The van der Waals surface area contributed by atoms with Gasteiger partial charge in [0, 0.05) is 12.8 Å². The molecule has 1 atom stereocenters. The molecule has 1 aromatic carbocycles. The van der Waals surface area contributed by atoms with Crippen molar-refractivity contribution in [1.82, 2.24) is 0 Å². The Hall–Kier alpha value is -2.42. The number of hydrogen-bond acceptors (Lipinski definition) is 3. The van der Waals surface area contributed by atoms with Crippen LogP contribution in [-0.4, -0.2) is 18.9 Å². The van der Waals surface area contributed by atoms with E-state index in [0.29, 0.717) is 24.2 Å². The van der Waals surface area contributed by atoms with Crippen LogP contribution in [0, 0.1) is 5.41 Å². The number of rotatable bonds is 5. The van der Waals surface area contributed by atoms with Crippen LogP contribution in [0.5, 0.6) is 0 Å². The normalized spacial score (nSPS) is 21.7. The van der Waals surface area contributed by atoms with E-state index < -0.39 is 0 Å². The molecule has 0 saturated heterocycles. The first-order valence-electron chi connectivity index (χ1n) is 7.76. The van der Waals surface area contributed by atoms with Gasteiger partial charge in [-0.2, -0.15) is 0 Å². The second-order valence-electron chi connectivity index (χ2n) is 6.05. The summed E-state index contributed by atoms with van der Waals surface area (Å²) in [6, 6.07) is 7.31. The first kappa shape index (κ1) is 16.9. The second-order valence-corrected chi connectivity index (χ2v) is 6.05. The third-order valence-electron chi connectivity index (χ3n) is 4.05. The van der Waals surface area contributed by atoms with E-state index in [4.69, 9.17) is 4.74 Å². The van der Waals surface area contributed by atoms with Gasteiger partial charge in [-0.05, 0) is 23.5 Å². The van der Waals surface area contributed by atoms with Gasteiger partial charge in [0.25, 0.3) is 0 Å². The molecule has 1 aliphatic carbocycles. The van der Waals surface area contributed by atoms with E-state index in [1.165, 1.54) is 7.11 Å². The lowest BCUT2D eigenvalue weighted by Crippen LogP contribution is -2.07. The van der Waals surface area contributed by atoms with Crippen LogP contribution in [-0.2, 0) is 9.53 Å². The van der Waals surface area contributed by atoms with Gasteiger partial charge in [0.15, 0.2) is 0 Å². The third kappa shape index (κ3) is 4.78. The maximum atomic E-state index is 11.7. The third-order valence-corrected chi connectivity index (χ3v) is 4.05. The van der Waals surface area contributed by atoms with Gasteiger partial charge in [-0.1, -0.05) is 61.6 Å². The van der Waals surface area contributed by atoms with Crippen molar-refractivity contribution in [2.75, 3.05) is 7.11 Å². The number of esters is 1. The summed E-state index contributed by atoms with van der Waals surface area (Å²) >= 11 is 0. The van der Waals surface area contributed by atoms with Gasteiger partial charge in [-0.3, -0.25) is 4.79 Å². The molecule has 1 unspecified atom stereocenters. The Morgan fingerprint density at radius 1 is 1.17 bits per heavy atom. The smallest absolute Gasteiger partial charge is 0.338 e. The summed E-state index contributed by atoms with van der Waals surface area (Å²) in [5.74, 6) is 0.00777. The minimum absolute atomic E-state index is 0.00260.